The highest BCUT2D eigenvalue weighted by Gasteiger charge is 2.25. The third kappa shape index (κ3) is 7.39. The second-order valence-electron chi connectivity index (χ2n) is 6.77. The second kappa shape index (κ2) is 11.7. The lowest BCUT2D eigenvalue weighted by Crippen LogP contribution is -2.43. The fourth-order valence-electron chi connectivity index (χ4n) is 2.65. The van der Waals surface area contributed by atoms with Crippen molar-refractivity contribution in [3.05, 3.63) is 93.9 Å². The average molecular weight is 471 g/mol. The van der Waals surface area contributed by atoms with Crippen LogP contribution in [-0.2, 0) is 27.5 Å². The molecule has 1 aromatic heterocycles. The number of hydrogen-bond acceptors (Lipinski definition) is 9. The van der Waals surface area contributed by atoms with Gasteiger partial charge in [0.2, 0.25) is 0 Å². The Balaban J connectivity index is 1.59. The summed E-state index contributed by atoms with van der Waals surface area (Å²) in [5, 5.41) is 1.87. The summed E-state index contributed by atoms with van der Waals surface area (Å²) in [5.74, 6) is -1.90. The van der Waals surface area contributed by atoms with E-state index in [9.17, 15) is 19.2 Å². The number of thioether (sulfide) groups is 1. The van der Waals surface area contributed by atoms with Crippen LogP contribution in [0.5, 0.6) is 0 Å². The highest BCUT2D eigenvalue weighted by molar-refractivity contribution is 8.13. The molecule has 0 aliphatic carbocycles. The fourth-order valence-corrected chi connectivity index (χ4v) is 3.32. The van der Waals surface area contributed by atoms with Crippen molar-refractivity contribution >= 4 is 28.9 Å². The highest BCUT2D eigenvalue weighted by atomic mass is 32.2. The van der Waals surface area contributed by atoms with E-state index in [1.165, 1.54) is 6.92 Å². The van der Waals surface area contributed by atoms with Crippen LogP contribution in [0.1, 0.15) is 27.4 Å². The normalized spacial score (nSPS) is 11.4. The molecule has 1 atom stereocenters. The van der Waals surface area contributed by atoms with Crippen molar-refractivity contribution in [3.8, 4) is 0 Å². The molecule has 1 amide bonds. The Kier molecular flexibility index (Phi) is 8.48. The molecule has 33 heavy (non-hydrogen) atoms. The number of nitrogens with one attached hydrogen (secondary N) is 1. The van der Waals surface area contributed by atoms with E-state index < -0.39 is 29.0 Å². The molecule has 2 aromatic carbocycles. The van der Waals surface area contributed by atoms with E-state index in [2.05, 4.69) is 5.32 Å². The summed E-state index contributed by atoms with van der Waals surface area (Å²) in [6, 6.07) is 16.3. The first-order valence-electron chi connectivity index (χ1n) is 9.88. The number of ether oxygens (including phenoxy) is 2. The van der Waals surface area contributed by atoms with E-state index in [-0.39, 0.29) is 30.5 Å². The maximum Gasteiger partial charge on any atom is 0.519 e. The summed E-state index contributed by atoms with van der Waals surface area (Å²) in [4.78, 5) is 48.4. The standard InChI is InChI=1S/C23H21NO8S/c1-15-19(32-22(27)31-15)13-30-23(28)33-14-18(24-20(25)17-10-6-3-7-11-17)21(26)29-12-16-8-4-2-5-9-16/h2-11,18H,12-14H2,1H3,(H,24,25)/t18-/m0/s1. The van der Waals surface area contributed by atoms with Crippen molar-refractivity contribution in [3.63, 3.8) is 0 Å². The summed E-state index contributed by atoms with van der Waals surface area (Å²) in [7, 11) is 0. The highest BCUT2D eigenvalue weighted by Crippen LogP contribution is 2.14. The van der Waals surface area contributed by atoms with Crippen molar-refractivity contribution in [1.29, 1.82) is 0 Å². The van der Waals surface area contributed by atoms with Gasteiger partial charge >= 0.3 is 17.1 Å². The SMILES string of the molecule is Cc1oc(=O)oc1COC(=O)SC[C@H](NC(=O)c1ccccc1)C(=O)OCc1ccccc1. The van der Waals surface area contributed by atoms with Crippen LogP contribution in [0.4, 0.5) is 4.79 Å². The molecule has 10 heteroatoms. The summed E-state index contributed by atoms with van der Waals surface area (Å²) in [6.45, 7) is 1.22. The zero-order valence-corrected chi connectivity index (χ0v) is 18.5. The van der Waals surface area contributed by atoms with Gasteiger partial charge in [-0.3, -0.25) is 4.79 Å². The number of carbonyl (C=O) groups excluding carboxylic acids is 3. The third-order valence-electron chi connectivity index (χ3n) is 4.37. The number of aryl methyl sites for hydroxylation is 1. The van der Waals surface area contributed by atoms with Gasteiger partial charge in [0.25, 0.3) is 5.91 Å². The average Bonchev–Trinajstić information content (AvgIpc) is 3.16. The van der Waals surface area contributed by atoms with Crippen LogP contribution in [0.25, 0.3) is 0 Å². The Labute approximate surface area is 193 Å². The van der Waals surface area contributed by atoms with Gasteiger partial charge in [-0.15, -0.1) is 0 Å². The third-order valence-corrected chi connectivity index (χ3v) is 5.23. The molecule has 0 fully saturated rings. The molecule has 172 valence electrons. The predicted molar refractivity (Wildman–Crippen MR) is 119 cm³/mol. The molecular formula is C23H21NO8S. The first kappa shape index (κ1) is 23.9. The molecule has 3 rings (SSSR count). The molecule has 0 unspecified atom stereocenters. The van der Waals surface area contributed by atoms with Crippen molar-refractivity contribution in [2.75, 3.05) is 5.75 Å². The van der Waals surface area contributed by atoms with Gasteiger partial charge in [-0.25, -0.2) is 14.4 Å². The Bertz CT molecular complexity index is 1140. The summed E-state index contributed by atoms with van der Waals surface area (Å²) >= 11 is 0.677. The van der Waals surface area contributed by atoms with Crippen LogP contribution >= 0.6 is 11.8 Å². The molecule has 0 radical (unpaired) electrons. The molecule has 0 spiro atoms. The Morgan fingerprint density at radius 1 is 0.939 bits per heavy atom. The van der Waals surface area contributed by atoms with Crippen molar-refractivity contribution < 1.29 is 32.7 Å². The van der Waals surface area contributed by atoms with E-state index in [0.29, 0.717) is 17.3 Å². The zero-order valence-electron chi connectivity index (χ0n) is 17.6. The van der Waals surface area contributed by atoms with Gasteiger partial charge in [0.05, 0.1) is 0 Å². The molecule has 0 saturated heterocycles. The summed E-state index contributed by atoms with van der Waals surface area (Å²) < 4.78 is 19.8. The van der Waals surface area contributed by atoms with Gasteiger partial charge in [0.1, 0.15) is 12.6 Å². The molecule has 0 saturated carbocycles. The number of amides is 1. The minimum absolute atomic E-state index is 0.0191. The minimum Gasteiger partial charge on any atom is -0.459 e. The first-order chi connectivity index (χ1) is 15.9. The van der Waals surface area contributed by atoms with Crippen LogP contribution in [0.2, 0.25) is 0 Å². The zero-order chi connectivity index (χ0) is 23.6. The lowest BCUT2D eigenvalue weighted by molar-refractivity contribution is -0.146. The fraction of sp³-hybridized carbons (Fsp3) is 0.217. The van der Waals surface area contributed by atoms with E-state index in [0.717, 1.165) is 5.56 Å². The number of hydrogen-bond donors (Lipinski definition) is 1. The molecule has 9 nitrogen and oxygen atoms in total. The quantitative estimate of drug-likeness (QED) is 0.467. The lowest BCUT2D eigenvalue weighted by Gasteiger charge is -2.17. The predicted octanol–water partition coefficient (Wildman–Crippen LogP) is 3.45. The van der Waals surface area contributed by atoms with E-state index >= 15 is 0 Å². The first-order valence-corrected chi connectivity index (χ1v) is 10.9. The van der Waals surface area contributed by atoms with Crippen LogP contribution in [0.3, 0.4) is 0 Å². The largest absolute Gasteiger partial charge is 0.519 e. The van der Waals surface area contributed by atoms with Crippen LogP contribution in [-0.4, -0.2) is 29.0 Å². The molecule has 3 aromatic rings. The van der Waals surface area contributed by atoms with Gasteiger partial charge in [-0.1, -0.05) is 48.5 Å². The van der Waals surface area contributed by atoms with Gasteiger partial charge in [-0.05, 0) is 36.4 Å². The van der Waals surface area contributed by atoms with Gasteiger partial charge < -0.3 is 23.6 Å². The van der Waals surface area contributed by atoms with Crippen molar-refractivity contribution in [2.45, 2.75) is 26.2 Å². The Hall–Kier alpha value is -3.79. The van der Waals surface area contributed by atoms with Gasteiger partial charge in [0, 0.05) is 11.3 Å². The monoisotopic (exact) mass is 471 g/mol. The Morgan fingerprint density at radius 2 is 1.61 bits per heavy atom. The van der Waals surface area contributed by atoms with Crippen LogP contribution in [0, 0.1) is 6.92 Å². The Morgan fingerprint density at radius 3 is 2.24 bits per heavy atom. The number of esters is 1. The van der Waals surface area contributed by atoms with E-state index in [1.54, 1.807) is 42.5 Å². The van der Waals surface area contributed by atoms with Gasteiger partial charge in [-0.2, -0.15) is 0 Å². The van der Waals surface area contributed by atoms with E-state index in [1.807, 2.05) is 18.2 Å². The molecule has 0 aliphatic heterocycles. The molecule has 1 heterocycles. The number of carbonyl (C=O) groups is 3. The van der Waals surface area contributed by atoms with Crippen molar-refractivity contribution in [1.82, 2.24) is 5.32 Å². The smallest absolute Gasteiger partial charge is 0.459 e. The molecular weight excluding hydrogens is 450 g/mol. The maximum atomic E-state index is 12.7. The topological polar surface area (TPSA) is 125 Å². The second-order valence-corrected chi connectivity index (χ2v) is 7.72. The summed E-state index contributed by atoms with van der Waals surface area (Å²) in [5.41, 5.74) is 1.14. The number of benzene rings is 2. The van der Waals surface area contributed by atoms with E-state index in [4.69, 9.17) is 18.3 Å². The van der Waals surface area contributed by atoms with Crippen LogP contribution in [0.15, 0.2) is 74.3 Å². The molecule has 1 N–H and O–H groups in total. The molecule has 0 aliphatic rings. The van der Waals surface area contributed by atoms with Crippen molar-refractivity contribution in [2.24, 2.45) is 0 Å². The summed E-state index contributed by atoms with van der Waals surface area (Å²) in [6.07, 6.45) is 0. The van der Waals surface area contributed by atoms with Gasteiger partial charge in [0.15, 0.2) is 18.1 Å². The lowest BCUT2D eigenvalue weighted by atomic mass is 10.2. The molecule has 0 bridgehead atoms. The number of rotatable bonds is 9. The van der Waals surface area contributed by atoms with Crippen LogP contribution < -0.4 is 11.1 Å². The maximum absolute atomic E-state index is 12.7. The minimum atomic E-state index is -1.10.